The molecule has 106 valence electrons. The topological polar surface area (TPSA) is 50.4 Å². The van der Waals surface area contributed by atoms with Crippen LogP contribution in [0.1, 0.15) is 27.7 Å². The minimum atomic E-state index is -0.394. The summed E-state index contributed by atoms with van der Waals surface area (Å²) in [6.07, 6.45) is 0. The molecule has 5 heteroatoms. The largest absolute Gasteiger partial charge is 0.492 e. The van der Waals surface area contributed by atoms with E-state index >= 15 is 0 Å². The second-order valence-corrected chi connectivity index (χ2v) is 5.23. The van der Waals surface area contributed by atoms with E-state index in [9.17, 15) is 9.18 Å². The zero-order valence-corrected chi connectivity index (χ0v) is 11.8. The van der Waals surface area contributed by atoms with E-state index in [0.717, 1.165) is 0 Å². The standard InChI is InChI=1S/C14H21FN2O2/c1-5-19-12-8-10(15)6-7-11(12)17-13(18)9-16-14(2,3)4/h6-8,16H,5,9H2,1-4H3,(H,17,18). The van der Waals surface area contributed by atoms with E-state index < -0.39 is 5.82 Å². The summed E-state index contributed by atoms with van der Waals surface area (Å²) in [4.78, 5) is 11.8. The van der Waals surface area contributed by atoms with Crippen molar-refractivity contribution >= 4 is 11.6 Å². The van der Waals surface area contributed by atoms with Gasteiger partial charge in [-0.3, -0.25) is 4.79 Å². The molecule has 0 atom stereocenters. The molecule has 1 aromatic rings. The summed E-state index contributed by atoms with van der Waals surface area (Å²) >= 11 is 0. The molecule has 0 spiro atoms. The van der Waals surface area contributed by atoms with Gasteiger partial charge in [0.25, 0.3) is 0 Å². The molecule has 1 amide bonds. The molecule has 0 heterocycles. The zero-order chi connectivity index (χ0) is 14.5. The van der Waals surface area contributed by atoms with Gasteiger partial charge in [0.1, 0.15) is 11.6 Å². The number of nitrogens with one attached hydrogen (secondary N) is 2. The molecule has 0 aliphatic carbocycles. The molecular weight excluding hydrogens is 247 g/mol. The molecule has 0 aliphatic heterocycles. The van der Waals surface area contributed by atoms with Gasteiger partial charge in [0, 0.05) is 11.6 Å². The van der Waals surface area contributed by atoms with Crippen LogP contribution in [0, 0.1) is 5.82 Å². The predicted octanol–water partition coefficient (Wildman–Crippen LogP) is 2.55. The van der Waals surface area contributed by atoms with Crippen molar-refractivity contribution in [2.75, 3.05) is 18.5 Å². The van der Waals surface area contributed by atoms with E-state index in [1.165, 1.54) is 18.2 Å². The number of amides is 1. The van der Waals surface area contributed by atoms with Crippen molar-refractivity contribution in [1.29, 1.82) is 0 Å². The number of ether oxygens (including phenoxy) is 1. The van der Waals surface area contributed by atoms with E-state index in [0.29, 0.717) is 18.0 Å². The fourth-order valence-electron chi connectivity index (χ4n) is 1.41. The maximum Gasteiger partial charge on any atom is 0.238 e. The summed E-state index contributed by atoms with van der Waals surface area (Å²) in [6, 6.07) is 4.04. The Balaban J connectivity index is 2.68. The van der Waals surface area contributed by atoms with Crippen LogP contribution >= 0.6 is 0 Å². The van der Waals surface area contributed by atoms with Crippen LogP contribution in [0.2, 0.25) is 0 Å². The number of rotatable bonds is 5. The Kier molecular flexibility index (Phi) is 5.30. The normalized spacial score (nSPS) is 11.2. The minimum absolute atomic E-state index is 0.136. The van der Waals surface area contributed by atoms with Gasteiger partial charge in [-0.05, 0) is 39.8 Å². The van der Waals surface area contributed by atoms with Crippen LogP contribution in [-0.4, -0.2) is 24.6 Å². The van der Waals surface area contributed by atoms with Crippen LogP contribution in [0.3, 0.4) is 0 Å². The number of hydrogen-bond acceptors (Lipinski definition) is 3. The SMILES string of the molecule is CCOc1cc(F)ccc1NC(=O)CNC(C)(C)C. The fourth-order valence-corrected chi connectivity index (χ4v) is 1.41. The highest BCUT2D eigenvalue weighted by Gasteiger charge is 2.13. The molecule has 1 aromatic carbocycles. The van der Waals surface area contributed by atoms with Crippen molar-refractivity contribution in [2.45, 2.75) is 33.2 Å². The van der Waals surface area contributed by atoms with Gasteiger partial charge in [0.05, 0.1) is 18.8 Å². The monoisotopic (exact) mass is 268 g/mol. The Bertz CT molecular complexity index is 442. The second kappa shape index (κ2) is 6.52. The summed E-state index contributed by atoms with van der Waals surface area (Å²) in [7, 11) is 0. The maximum atomic E-state index is 13.1. The van der Waals surface area contributed by atoms with Crippen molar-refractivity contribution in [1.82, 2.24) is 5.32 Å². The third-order valence-corrected chi connectivity index (χ3v) is 2.30. The van der Waals surface area contributed by atoms with Crippen LogP contribution < -0.4 is 15.4 Å². The summed E-state index contributed by atoms with van der Waals surface area (Å²) in [5.74, 6) is -0.247. The molecule has 0 aliphatic rings. The molecule has 0 bridgehead atoms. The second-order valence-electron chi connectivity index (χ2n) is 5.23. The third kappa shape index (κ3) is 5.70. The van der Waals surface area contributed by atoms with E-state index in [1.807, 2.05) is 20.8 Å². The predicted molar refractivity (Wildman–Crippen MR) is 74.0 cm³/mol. The minimum Gasteiger partial charge on any atom is -0.492 e. The average Bonchev–Trinajstić information content (AvgIpc) is 2.30. The Hall–Kier alpha value is -1.62. The van der Waals surface area contributed by atoms with Crippen LogP contribution in [0.5, 0.6) is 5.75 Å². The van der Waals surface area contributed by atoms with Crippen molar-refractivity contribution in [3.8, 4) is 5.75 Å². The molecule has 0 aromatic heterocycles. The van der Waals surface area contributed by atoms with E-state index in [-0.39, 0.29) is 18.0 Å². The average molecular weight is 268 g/mol. The molecule has 0 saturated heterocycles. The van der Waals surface area contributed by atoms with Gasteiger partial charge in [-0.2, -0.15) is 0 Å². The van der Waals surface area contributed by atoms with Crippen LogP contribution in [0.15, 0.2) is 18.2 Å². The van der Waals surface area contributed by atoms with Gasteiger partial charge >= 0.3 is 0 Å². The van der Waals surface area contributed by atoms with Crippen molar-refractivity contribution in [2.24, 2.45) is 0 Å². The molecule has 1 rings (SSSR count). The van der Waals surface area contributed by atoms with Crippen LogP contribution in [0.25, 0.3) is 0 Å². The van der Waals surface area contributed by atoms with Gasteiger partial charge in [0.15, 0.2) is 0 Å². The van der Waals surface area contributed by atoms with Gasteiger partial charge in [-0.15, -0.1) is 0 Å². The van der Waals surface area contributed by atoms with E-state index in [2.05, 4.69) is 10.6 Å². The summed E-state index contributed by atoms with van der Waals surface area (Å²) in [5, 5.41) is 5.78. The van der Waals surface area contributed by atoms with Gasteiger partial charge in [-0.25, -0.2) is 4.39 Å². The fraction of sp³-hybridized carbons (Fsp3) is 0.500. The first-order valence-electron chi connectivity index (χ1n) is 6.29. The molecule has 2 N–H and O–H groups in total. The van der Waals surface area contributed by atoms with Crippen LogP contribution in [0.4, 0.5) is 10.1 Å². The van der Waals surface area contributed by atoms with Crippen molar-refractivity contribution in [3.05, 3.63) is 24.0 Å². The Morgan fingerprint density at radius 2 is 2.05 bits per heavy atom. The summed E-state index contributed by atoms with van der Waals surface area (Å²) < 4.78 is 18.4. The van der Waals surface area contributed by atoms with Crippen molar-refractivity contribution < 1.29 is 13.9 Å². The lowest BCUT2D eigenvalue weighted by molar-refractivity contribution is -0.115. The number of halogens is 1. The molecule has 0 fully saturated rings. The smallest absolute Gasteiger partial charge is 0.238 e. The Morgan fingerprint density at radius 1 is 1.37 bits per heavy atom. The zero-order valence-electron chi connectivity index (χ0n) is 11.8. The lowest BCUT2D eigenvalue weighted by atomic mass is 10.1. The number of anilines is 1. The third-order valence-electron chi connectivity index (χ3n) is 2.30. The lowest BCUT2D eigenvalue weighted by Crippen LogP contribution is -2.41. The molecule has 0 radical (unpaired) electrons. The number of carbonyl (C=O) groups is 1. The van der Waals surface area contributed by atoms with Crippen molar-refractivity contribution in [3.63, 3.8) is 0 Å². The summed E-state index contributed by atoms with van der Waals surface area (Å²) in [5.41, 5.74) is 0.340. The Labute approximate surface area is 113 Å². The highest BCUT2D eigenvalue weighted by molar-refractivity contribution is 5.93. The van der Waals surface area contributed by atoms with Crippen LogP contribution in [-0.2, 0) is 4.79 Å². The first kappa shape index (κ1) is 15.4. The van der Waals surface area contributed by atoms with Gasteiger partial charge in [-0.1, -0.05) is 0 Å². The quantitative estimate of drug-likeness (QED) is 0.863. The first-order chi connectivity index (χ1) is 8.81. The molecule has 19 heavy (non-hydrogen) atoms. The van der Waals surface area contributed by atoms with E-state index in [4.69, 9.17) is 4.74 Å². The molecule has 4 nitrogen and oxygen atoms in total. The van der Waals surface area contributed by atoms with Gasteiger partial charge in [0.2, 0.25) is 5.91 Å². The first-order valence-corrected chi connectivity index (χ1v) is 6.29. The van der Waals surface area contributed by atoms with Gasteiger partial charge < -0.3 is 15.4 Å². The summed E-state index contributed by atoms with van der Waals surface area (Å²) in [6.45, 7) is 8.33. The maximum absolute atomic E-state index is 13.1. The highest BCUT2D eigenvalue weighted by atomic mass is 19.1. The molecule has 0 saturated carbocycles. The van der Waals surface area contributed by atoms with E-state index in [1.54, 1.807) is 6.92 Å². The lowest BCUT2D eigenvalue weighted by Gasteiger charge is -2.20. The molecule has 0 unspecified atom stereocenters. The molecular formula is C14H21FN2O2. The number of benzene rings is 1. The Morgan fingerprint density at radius 3 is 2.63 bits per heavy atom. The highest BCUT2D eigenvalue weighted by Crippen LogP contribution is 2.25. The number of hydrogen-bond donors (Lipinski definition) is 2. The number of carbonyl (C=O) groups excluding carboxylic acids is 1.